The van der Waals surface area contributed by atoms with Gasteiger partial charge in [0.05, 0.1) is 13.2 Å². The van der Waals surface area contributed by atoms with Crippen molar-refractivity contribution in [3.63, 3.8) is 0 Å². The summed E-state index contributed by atoms with van der Waals surface area (Å²) >= 11 is 3.52. The maximum absolute atomic E-state index is 6.08. The van der Waals surface area contributed by atoms with Crippen LogP contribution in [0.5, 0.6) is 11.5 Å². The molecule has 100 valence electrons. The zero-order chi connectivity index (χ0) is 13.0. The predicted octanol–water partition coefficient (Wildman–Crippen LogP) is 3.15. The highest BCUT2D eigenvalue weighted by Gasteiger charge is 2.22. The van der Waals surface area contributed by atoms with E-state index < -0.39 is 0 Å². The molecule has 4 heteroatoms. The maximum atomic E-state index is 6.08. The Bertz CT molecular complexity index is 405. The van der Waals surface area contributed by atoms with E-state index in [1.54, 1.807) is 7.11 Å². The number of halogens is 1. The monoisotopic (exact) mass is 313 g/mol. The molecule has 1 aliphatic carbocycles. The quantitative estimate of drug-likeness (QED) is 0.875. The van der Waals surface area contributed by atoms with Crippen molar-refractivity contribution in [1.29, 1.82) is 0 Å². The van der Waals surface area contributed by atoms with Gasteiger partial charge in [-0.2, -0.15) is 0 Å². The summed E-state index contributed by atoms with van der Waals surface area (Å²) in [5, 5.41) is 3.17. The topological polar surface area (TPSA) is 30.5 Å². The molecule has 0 atom stereocenters. The Morgan fingerprint density at radius 3 is 2.72 bits per heavy atom. The van der Waals surface area contributed by atoms with Crippen LogP contribution in [-0.2, 0) is 6.42 Å². The fourth-order valence-electron chi connectivity index (χ4n) is 2.01. The molecule has 1 aromatic carbocycles. The summed E-state index contributed by atoms with van der Waals surface area (Å²) in [6.45, 7) is 0.931. The molecule has 2 rings (SSSR count). The van der Waals surface area contributed by atoms with E-state index in [0.717, 1.165) is 41.8 Å². The van der Waals surface area contributed by atoms with Crippen LogP contribution in [0.1, 0.15) is 24.8 Å². The van der Waals surface area contributed by atoms with Gasteiger partial charge >= 0.3 is 0 Å². The van der Waals surface area contributed by atoms with Gasteiger partial charge < -0.3 is 14.8 Å². The van der Waals surface area contributed by atoms with Crippen LogP contribution in [0.3, 0.4) is 0 Å². The van der Waals surface area contributed by atoms with Crippen molar-refractivity contribution in [3.8, 4) is 11.5 Å². The van der Waals surface area contributed by atoms with Crippen LogP contribution in [-0.4, -0.2) is 26.8 Å². The van der Waals surface area contributed by atoms with E-state index in [-0.39, 0.29) is 0 Å². The van der Waals surface area contributed by atoms with E-state index >= 15 is 0 Å². The first kappa shape index (κ1) is 13.7. The second kappa shape index (κ2) is 6.43. The summed E-state index contributed by atoms with van der Waals surface area (Å²) in [5.74, 6) is 1.74. The van der Waals surface area contributed by atoms with Crippen LogP contribution in [0.2, 0.25) is 0 Å². The smallest absolute Gasteiger partial charge is 0.164 e. The van der Waals surface area contributed by atoms with Gasteiger partial charge in [0.15, 0.2) is 11.5 Å². The van der Waals surface area contributed by atoms with E-state index in [4.69, 9.17) is 9.47 Å². The molecule has 1 N–H and O–H groups in total. The molecule has 0 aromatic heterocycles. The summed E-state index contributed by atoms with van der Waals surface area (Å²) in [5.41, 5.74) is 1.20. The third-order valence-corrected chi connectivity index (χ3v) is 3.76. The molecule has 0 saturated heterocycles. The minimum atomic E-state index is 0.369. The predicted molar refractivity (Wildman–Crippen MR) is 76.6 cm³/mol. The van der Waals surface area contributed by atoms with Gasteiger partial charge in [-0.25, -0.2) is 0 Å². The summed E-state index contributed by atoms with van der Waals surface area (Å²) in [7, 11) is 3.65. The Kier molecular flexibility index (Phi) is 4.89. The lowest BCUT2D eigenvalue weighted by atomic mass is 9.96. The molecular formula is C14H20BrNO2. The number of likely N-dealkylation sites (N-methyl/N-ethyl adjacent to an activating group) is 1. The van der Waals surface area contributed by atoms with Crippen molar-refractivity contribution in [1.82, 2.24) is 5.32 Å². The van der Waals surface area contributed by atoms with Crippen LogP contribution >= 0.6 is 15.9 Å². The molecular weight excluding hydrogens is 294 g/mol. The molecule has 1 fully saturated rings. The minimum Gasteiger partial charge on any atom is -0.493 e. The zero-order valence-corrected chi connectivity index (χ0v) is 12.5. The van der Waals surface area contributed by atoms with E-state index in [0.29, 0.717) is 6.10 Å². The molecule has 0 unspecified atom stereocenters. The Morgan fingerprint density at radius 1 is 1.39 bits per heavy atom. The fourth-order valence-corrected chi connectivity index (χ4v) is 2.49. The van der Waals surface area contributed by atoms with Crippen molar-refractivity contribution >= 4 is 15.9 Å². The Hall–Kier alpha value is -0.740. The van der Waals surface area contributed by atoms with Crippen LogP contribution in [0, 0.1) is 0 Å². The van der Waals surface area contributed by atoms with E-state index in [2.05, 4.69) is 27.3 Å². The normalized spacial score (nSPS) is 15.3. The average molecular weight is 314 g/mol. The molecule has 1 saturated carbocycles. The SMILES string of the molecule is CNCCc1cc(Br)cc(OC)c1OC1CCC1. The molecule has 18 heavy (non-hydrogen) atoms. The van der Waals surface area contributed by atoms with Gasteiger partial charge in [-0.1, -0.05) is 15.9 Å². The Labute approximate surface area is 117 Å². The third-order valence-electron chi connectivity index (χ3n) is 3.30. The first-order valence-electron chi connectivity index (χ1n) is 6.42. The van der Waals surface area contributed by atoms with Crippen LogP contribution in [0.15, 0.2) is 16.6 Å². The van der Waals surface area contributed by atoms with Gasteiger partial charge in [0.2, 0.25) is 0 Å². The fraction of sp³-hybridized carbons (Fsp3) is 0.571. The number of methoxy groups -OCH3 is 1. The van der Waals surface area contributed by atoms with E-state index in [9.17, 15) is 0 Å². The highest BCUT2D eigenvalue weighted by Crippen LogP contribution is 2.38. The molecule has 0 radical (unpaired) electrons. The largest absolute Gasteiger partial charge is 0.493 e. The lowest BCUT2D eigenvalue weighted by Crippen LogP contribution is -2.25. The molecule has 3 nitrogen and oxygen atoms in total. The van der Waals surface area contributed by atoms with Crippen molar-refractivity contribution < 1.29 is 9.47 Å². The second-order valence-electron chi connectivity index (χ2n) is 4.62. The van der Waals surface area contributed by atoms with Crippen molar-refractivity contribution in [3.05, 3.63) is 22.2 Å². The zero-order valence-electron chi connectivity index (χ0n) is 11.0. The number of ether oxygens (including phenoxy) is 2. The number of rotatable bonds is 6. The molecule has 0 heterocycles. The Morgan fingerprint density at radius 2 is 2.17 bits per heavy atom. The highest BCUT2D eigenvalue weighted by atomic mass is 79.9. The third kappa shape index (κ3) is 3.18. The van der Waals surface area contributed by atoms with E-state index in [1.165, 1.54) is 12.0 Å². The first-order valence-corrected chi connectivity index (χ1v) is 7.21. The summed E-state index contributed by atoms with van der Waals surface area (Å²) in [6.07, 6.45) is 4.90. The highest BCUT2D eigenvalue weighted by molar-refractivity contribution is 9.10. The van der Waals surface area contributed by atoms with E-state index in [1.807, 2.05) is 13.1 Å². The summed E-state index contributed by atoms with van der Waals surface area (Å²) < 4.78 is 12.6. The molecule has 0 aliphatic heterocycles. The van der Waals surface area contributed by atoms with Crippen LogP contribution < -0.4 is 14.8 Å². The Balaban J connectivity index is 2.24. The van der Waals surface area contributed by atoms with Crippen molar-refractivity contribution in [2.75, 3.05) is 20.7 Å². The standard InChI is InChI=1S/C14H20BrNO2/c1-16-7-6-10-8-11(15)9-13(17-2)14(10)18-12-4-3-5-12/h8-9,12,16H,3-7H2,1-2H3. The summed E-state index contributed by atoms with van der Waals surface area (Å²) in [6, 6.07) is 4.09. The molecule has 1 aliphatic rings. The van der Waals surface area contributed by atoms with Gasteiger partial charge in [-0.05, 0) is 51.4 Å². The molecule has 0 amide bonds. The number of nitrogens with one attached hydrogen (secondary N) is 1. The summed E-state index contributed by atoms with van der Waals surface area (Å²) in [4.78, 5) is 0. The van der Waals surface area contributed by atoms with Crippen LogP contribution in [0.25, 0.3) is 0 Å². The van der Waals surface area contributed by atoms with Gasteiger partial charge in [0.1, 0.15) is 0 Å². The maximum Gasteiger partial charge on any atom is 0.164 e. The average Bonchev–Trinajstić information content (AvgIpc) is 2.31. The van der Waals surface area contributed by atoms with Crippen molar-refractivity contribution in [2.24, 2.45) is 0 Å². The van der Waals surface area contributed by atoms with Gasteiger partial charge in [0, 0.05) is 10.0 Å². The van der Waals surface area contributed by atoms with Gasteiger partial charge in [-0.15, -0.1) is 0 Å². The minimum absolute atomic E-state index is 0.369. The number of benzene rings is 1. The van der Waals surface area contributed by atoms with Gasteiger partial charge in [-0.3, -0.25) is 0 Å². The molecule has 1 aromatic rings. The van der Waals surface area contributed by atoms with Crippen LogP contribution in [0.4, 0.5) is 0 Å². The first-order chi connectivity index (χ1) is 8.74. The lowest BCUT2D eigenvalue weighted by molar-refractivity contribution is 0.114. The second-order valence-corrected chi connectivity index (χ2v) is 5.54. The molecule has 0 bridgehead atoms. The number of hydrogen-bond donors (Lipinski definition) is 1. The van der Waals surface area contributed by atoms with Crippen molar-refractivity contribution in [2.45, 2.75) is 31.8 Å². The molecule has 0 spiro atoms. The number of hydrogen-bond acceptors (Lipinski definition) is 3. The lowest BCUT2D eigenvalue weighted by Gasteiger charge is -2.28. The van der Waals surface area contributed by atoms with Gasteiger partial charge in [0.25, 0.3) is 0 Å².